The van der Waals surface area contributed by atoms with Crippen LogP contribution in [0.1, 0.15) is 0 Å². The molecule has 10 heteroatoms. The zero-order valence-corrected chi connectivity index (χ0v) is 51.6. The van der Waals surface area contributed by atoms with Gasteiger partial charge in [0.05, 0.1) is 55.9 Å². The number of nitrogens with zero attached hydrogens (tertiary/aromatic N) is 10. The Morgan fingerprint density at radius 1 is 0.188 bits per heavy atom. The van der Waals surface area contributed by atoms with Gasteiger partial charge in [-0.3, -0.25) is 8.80 Å². The van der Waals surface area contributed by atoms with Gasteiger partial charge in [-0.1, -0.05) is 255 Å². The normalized spacial score (nSPS) is 11.5. The van der Waals surface area contributed by atoms with Gasteiger partial charge in [0.2, 0.25) is 0 Å². The number of hydrogen-bond acceptors (Lipinski definition) is 8. The van der Waals surface area contributed by atoms with Gasteiger partial charge in [0, 0.05) is 67.3 Å². The fraction of sp³-hybridized carbons (Fsp3) is 0. The summed E-state index contributed by atoms with van der Waals surface area (Å²) in [6, 6.07) is 109. The molecule has 0 unspecified atom stereocenters. The van der Waals surface area contributed by atoms with E-state index in [1.54, 1.807) is 0 Å². The Kier molecular flexibility index (Phi) is 13.6. The summed E-state index contributed by atoms with van der Waals surface area (Å²) in [6.45, 7) is 0. The van der Waals surface area contributed by atoms with Crippen molar-refractivity contribution in [1.82, 2.24) is 48.7 Å². The van der Waals surface area contributed by atoms with Crippen LogP contribution in [-0.2, 0) is 0 Å². The third kappa shape index (κ3) is 10.0. The second-order valence-corrected chi connectivity index (χ2v) is 23.9. The molecule has 19 rings (SSSR count). The summed E-state index contributed by atoms with van der Waals surface area (Å²) in [4.78, 5) is 40.5. The number of pyridine rings is 4. The summed E-state index contributed by atoms with van der Waals surface area (Å²) in [5, 5.41) is 4.18. The first kappa shape index (κ1) is 55.6. The van der Waals surface area contributed by atoms with Crippen LogP contribution in [0.4, 0.5) is 0 Å². The number of imidazole rings is 2. The molecule has 0 aliphatic carbocycles. The van der Waals surface area contributed by atoms with Crippen molar-refractivity contribution in [2.75, 3.05) is 0 Å². The van der Waals surface area contributed by atoms with Crippen molar-refractivity contribution in [2.45, 2.75) is 0 Å². The molecule has 11 aromatic carbocycles. The maximum Gasteiger partial charge on any atom is 0.160 e. The predicted molar refractivity (Wildman–Crippen MR) is 391 cm³/mol. The van der Waals surface area contributed by atoms with Gasteiger partial charge in [-0.05, 0) is 94.0 Å². The number of fused-ring (bicyclic) bond motifs is 12. The molecule has 19 aromatic rings. The molecule has 10 nitrogen and oxygen atoms in total. The number of benzene rings is 11. The highest BCUT2D eigenvalue weighted by Gasteiger charge is 2.20. The molecule has 0 saturated heterocycles. The van der Waals surface area contributed by atoms with Gasteiger partial charge < -0.3 is 0 Å². The minimum Gasteiger partial charge on any atom is -0.298 e. The lowest BCUT2D eigenvalue weighted by molar-refractivity contribution is 1.22. The van der Waals surface area contributed by atoms with Gasteiger partial charge in [-0.15, -0.1) is 0 Å². The van der Waals surface area contributed by atoms with E-state index in [9.17, 15) is 0 Å². The summed E-state index contributed by atoms with van der Waals surface area (Å²) < 4.78 is 4.28. The lowest BCUT2D eigenvalue weighted by atomic mass is 9.99. The van der Waals surface area contributed by atoms with Crippen molar-refractivity contribution < 1.29 is 0 Å². The molecule has 0 radical (unpaired) electrons. The van der Waals surface area contributed by atoms with Crippen molar-refractivity contribution in [3.63, 3.8) is 0 Å². The van der Waals surface area contributed by atoms with Crippen LogP contribution in [0.15, 0.2) is 328 Å². The highest BCUT2D eigenvalue weighted by Crippen LogP contribution is 2.39. The molecular formula is C86H54N10. The maximum absolute atomic E-state index is 5.19. The molecule has 0 bridgehead atoms. The Hall–Kier alpha value is -13.2. The quantitative estimate of drug-likeness (QED) is 0.140. The average molecular weight is 1230 g/mol. The molecule has 8 heterocycles. The maximum atomic E-state index is 5.19. The summed E-state index contributed by atoms with van der Waals surface area (Å²) in [6.07, 6.45) is 4.12. The van der Waals surface area contributed by atoms with E-state index in [1.165, 1.54) is 11.1 Å². The molecule has 8 aromatic heterocycles. The molecule has 0 amide bonds. The smallest absolute Gasteiger partial charge is 0.160 e. The second kappa shape index (κ2) is 23.5. The van der Waals surface area contributed by atoms with Crippen molar-refractivity contribution >= 4 is 77.0 Å². The molecule has 448 valence electrons. The Morgan fingerprint density at radius 2 is 0.500 bits per heavy atom. The third-order valence-electron chi connectivity index (χ3n) is 18.0. The molecule has 0 spiro atoms. The zero-order valence-electron chi connectivity index (χ0n) is 51.6. The van der Waals surface area contributed by atoms with E-state index in [1.807, 2.05) is 115 Å². The van der Waals surface area contributed by atoms with Gasteiger partial charge in [0.15, 0.2) is 11.6 Å². The van der Waals surface area contributed by atoms with Crippen LogP contribution in [0.25, 0.3) is 178 Å². The minimum absolute atomic E-state index is 0.700. The topological polar surface area (TPSA) is 112 Å². The molecule has 0 atom stereocenters. The van der Waals surface area contributed by atoms with Crippen LogP contribution in [-0.4, -0.2) is 48.7 Å². The Balaban J connectivity index is 0.000000141. The van der Waals surface area contributed by atoms with Crippen LogP contribution < -0.4 is 0 Å². The highest BCUT2D eigenvalue weighted by molar-refractivity contribution is 6.10. The van der Waals surface area contributed by atoms with Crippen LogP contribution in [0, 0.1) is 0 Å². The van der Waals surface area contributed by atoms with E-state index in [4.69, 9.17) is 39.9 Å². The van der Waals surface area contributed by atoms with Crippen LogP contribution >= 0.6 is 0 Å². The predicted octanol–water partition coefficient (Wildman–Crippen LogP) is 21.0. The fourth-order valence-corrected chi connectivity index (χ4v) is 13.3. The van der Waals surface area contributed by atoms with Crippen molar-refractivity contribution in [1.29, 1.82) is 0 Å². The molecule has 0 aliphatic heterocycles. The molecule has 96 heavy (non-hydrogen) atoms. The summed E-state index contributed by atoms with van der Waals surface area (Å²) in [5.41, 5.74) is 26.1. The zero-order chi connectivity index (χ0) is 63.5. The van der Waals surface area contributed by atoms with Gasteiger partial charge in [0.1, 0.15) is 22.3 Å². The monoisotopic (exact) mass is 1230 g/mol. The molecule has 0 fully saturated rings. The highest BCUT2D eigenvalue weighted by atomic mass is 15.0. The largest absolute Gasteiger partial charge is 0.298 e. The van der Waals surface area contributed by atoms with Crippen LogP contribution in [0.2, 0.25) is 0 Å². The fourth-order valence-electron chi connectivity index (χ4n) is 13.3. The minimum atomic E-state index is 0.700. The van der Waals surface area contributed by atoms with Gasteiger partial charge in [-0.2, -0.15) is 0 Å². The van der Waals surface area contributed by atoms with E-state index >= 15 is 0 Å². The first-order valence-electron chi connectivity index (χ1n) is 32.1. The lowest BCUT2D eigenvalue weighted by Gasteiger charge is -2.11. The number of hydrogen-bond donors (Lipinski definition) is 0. The van der Waals surface area contributed by atoms with E-state index in [0.29, 0.717) is 11.6 Å². The van der Waals surface area contributed by atoms with Gasteiger partial charge in [0.25, 0.3) is 0 Å². The van der Waals surface area contributed by atoms with Gasteiger partial charge >= 0.3 is 0 Å². The number of rotatable bonds is 9. The molecular weight excluding hydrogens is 1170 g/mol. The Bertz CT molecular complexity index is 6190. The SMILES string of the molecule is c1ccc(-c2ccc(-c3nc(-c4ccc(-c5cccc(-c6nc7ccccc7c7nc8ccccn8c67)c5)cc4)nc4ccccc34)cc2)cc1.c1ccc(-c2nc(-c3ccc(-c4cccc(-c5nc6ccccc6c6nc7ccccn7c56)c4)cc3)nc3ccccc23)cc1. The van der Waals surface area contributed by atoms with Gasteiger partial charge in [-0.25, -0.2) is 39.9 Å². The number of para-hydroxylation sites is 4. The Morgan fingerprint density at radius 3 is 0.948 bits per heavy atom. The van der Waals surface area contributed by atoms with Crippen LogP contribution in [0.5, 0.6) is 0 Å². The molecule has 0 aliphatic rings. The second-order valence-electron chi connectivity index (χ2n) is 23.9. The average Bonchev–Trinajstić information content (AvgIpc) is 1.57. The van der Waals surface area contributed by atoms with E-state index in [0.717, 1.165) is 155 Å². The third-order valence-corrected chi connectivity index (χ3v) is 18.0. The van der Waals surface area contributed by atoms with Crippen molar-refractivity contribution in [3.05, 3.63) is 328 Å². The Labute approximate surface area is 551 Å². The first-order valence-corrected chi connectivity index (χ1v) is 32.1. The summed E-state index contributed by atoms with van der Waals surface area (Å²) >= 11 is 0. The lowest BCUT2D eigenvalue weighted by Crippen LogP contribution is -1.95. The molecule has 0 saturated carbocycles. The number of aromatic nitrogens is 10. The van der Waals surface area contributed by atoms with Crippen molar-refractivity contribution in [3.8, 4) is 101 Å². The van der Waals surface area contributed by atoms with E-state index < -0.39 is 0 Å². The summed E-state index contributed by atoms with van der Waals surface area (Å²) in [5.74, 6) is 1.41. The van der Waals surface area contributed by atoms with Crippen molar-refractivity contribution in [2.24, 2.45) is 0 Å². The summed E-state index contributed by atoms with van der Waals surface area (Å²) in [7, 11) is 0. The van der Waals surface area contributed by atoms with Crippen LogP contribution in [0.3, 0.4) is 0 Å². The van der Waals surface area contributed by atoms with E-state index in [-0.39, 0.29) is 0 Å². The standard InChI is InChI=1S/C46H29N5.C40H25N5/c1-2-11-30(12-3-1)31-20-24-33(25-21-31)42-37-15-4-7-18-40(37)48-46(50-42)34-26-22-32(23-27-34)35-13-10-14-36(29-35)43-45-44(38-16-5-6-17-39(38)47-43)49-41-19-8-9-28-51(41)45;1-2-11-27(12-3-1)36-31-15-4-7-18-34(31)42-40(44-36)28-22-20-26(21-23-28)29-13-10-14-30(25-29)37-39-38(32-16-5-6-17-33(32)41-37)43-35-19-8-9-24-45(35)39/h1-29H;1-25H. The van der Waals surface area contributed by atoms with E-state index in [2.05, 4.69) is 221 Å². The molecule has 0 N–H and O–H groups in total. The first-order chi connectivity index (χ1) is 47.6.